The van der Waals surface area contributed by atoms with E-state index in [0.717, 1.165) is 22.6 Å². The molecule has 1 N–H and O–H groups in total. The average molecular weight is 274 g/mol. The van der Waals surface area contributed by atoms with Gasteiger partial charge in [0.15, 0.2) is 0 Å². The third kappa shape index (κ3) is 3.83. The number of benzene rings is 2. The fourth-order valence-electron chi connectivity index (χ4n) is 1.86. The van der Waals surface area contributed by atoms with E-state index in [9.17, 15) is 4.79 Å². The maximum atomic E-state index is 11.8. The topological polar surface area (TPSA) is 29.1 Å². The third-order valence-corrected chi connectivity index (χ3v) is 3.28. The van der Waals surface area contributed by atoms with E-state index >= 15 is 0 Å². The number of halogens is 1. The fourth-order valence-corrected chi connectivity index (χ4v) is 2.19. The largest absolute Gasteiger partial charge is 0.352 e. The number of carbonyl (C=O) groups is 1. The van der Waals surface area contributed by atoms with Gasteiger partial charge in [0.2, 0.25) is 0 Å². The van der Waals surface area contributed by atoms with E-state index in [0.29, 0.717) is 12.1 Å². The summed E-state index contributed by atoms with van der Waals surface area (Å²) in [6.07, 6.45) is 0.734. The fraction of sp³-hybridized carbons (Fsp3) is 0.188. The standard InChI is InChI=1S/C16H16ClNO/c1-12-7-8-13(15(17)11-12)9-10-18-16(19)14-5-3-2-4-6-14/h2-8,11H,9-10H2,1H3,(H,18,19). The zero-order valence-corrected chi connectivity index (χ0v) is 11.6. The molecule has 0 atom stereocenters. The van der Waals surface area contributed by atoms with Gasteiger partial charge in [0.1, 0.15) is 0 Å². The minimum Gasteiger partial charge on any atom is -0.352 e. The van der Waals surface area contributed by atoms with E-state index in [2.05, 4.69) is 5.32 Å². The molecule has 2 aromatic rings. The molecular formula is C16H16ClNO. The molecule has 0 radical (unpaired) electrons. The highest BCUT2D eigenvalue weighted by Crippen LogP contribution is 2.17. The summed E-state index contributed by atoms with van der Waals surface area (Å²) in [6, 6.07) is 15.2. The SMILES string of the molecule is Cc1ccc(CCNC(=O)c2ccccc2)c(Cl)c1. The Morgan fingerprint density at radius 2 is 1.89 bits per heavy atom. The number of nitrogens with one attached hydrogen (secondary N) is 1. The van der Waals surface area contributed by atoms with Gasteiger partial charge in [-0.1, -0.05) is 41.9 Å². The van der Waals surface area contributed by atoms with Crippen molar-refractivity contribution < 1.29 is 4.79 Å². The third-order valence-electron chi connectivity index (χ3n) is 2.92. The zero-order valence-electron chi connectivity index (χ0n) is 10.8. The molecule has 2 aromatic carbocycles. The number of aryl methyl sites for hydroxylation is 1. The second-order valence-corrected chi connectivity index (χ2v) is 4.87. The van der Waals surface area contributed by atoms with Gasteiger partial charge in [-0.05, 0) is 42.7 Å². The van der Waals surface area contributed by atoms with Crippen LogP contribution in [0, 0.1) is 6.92 Å². The van der Waals surface area contributed by atoms with Crippen molar-refractivity contribution in [1.82, 2.24) is 5.32 Å². The molecule has 0 aliphatic rings. The molecule has 0 saturated heterocycles. The normalized spacial score (nSPS) is 10.2. The Bertz CT molecular complexity index is 566. The first-order chi connectivity index (χ1) is 9.16. The zero-order chi connectivity index (χ0) is 13.7. The summed E-state index contributed by atoms with van der Waals surface area (Å²) in [5, 5.41) is 3.65. The Morgan fingerprint density at radius 1 is 1.16 bits per heavy atom. The van der Waals surface area contributed by atoms with Crippen molar-refractivity contribution in [2.24, 2.45) is 0 Å². The number of amides is 1. The van der Waals surface area contributed by atoms with Gasteiger partial charge in [0.25, 0.3) is 5.91 Å². The molecule has 0 bridgehead atoms. The van der Waals surface area contributed by atoms with E-state index in [-0.39, 0.29) is 5.91 Å². The Morgan fingerprint density at radius 3 is 2.58 bits per heavy atom. The molecule has 3 heteroatoms. The molecule has 0 saturated carbocycles. The molecule has 2 nitrogen and oxygen atoms in total. The van der Waals surface area contributed by atoms with Gasteiger partial charge < -0.3 is 5.32 Å². The molecule has 98 valence electrons. The number of rotatable bonds is 4. The lowest BCUT2D eigenvalue weighted by molar-refractivity contribution is 0.0954. The second-order valence-electron chi connectivity index (χ2n) is 4.47. The first-order valence-electron chi connectivity index (χ1n) is 6.25. The summed E-state index contributed by atoms with van der Waals surface area (Å²) in [5.41, 5.74) is 2.88. The predicted molar refractivity (Wildman–Crippen MR) is 78.7 cm³/mol. The van der Waals surface area contributed by atoms with Crippen molar-refractivity contribution in [3.05, 3.63) is 70.2 Å². The summed E-state index contributed by atoms with van der Waals surface area (Å²) >= 11 is 6.15. The van der Waals surface area contributed by atoms with Crippen LogP contribution in [0.15, 0.2) is 48.5 Å². The van der Waals surface area contributed by atoms with E-state index in [1.807, 2.05) is 43.3 Å². The van der Waals surface area contributed by atoms with Crippen LogP contribution in [0.1, 0.15) is 21.5 Å². The maximum absolute atomic E-state index is 11.8. The number of carbonyl (C=O) groups excluding carboxylic acids is 1. The van der Waals surface area contributed by atoms with E-state index < -0.39 is 0 Å². The van der Waals surface area contributed by atoms with Crippen molar-refractivity contribution in [1.29, 1.82) is 0 Å². The number of hydrogen-bond acceptors (Lipinski definition) is 1. The van der Waals surface area contributed by atoms with Crippen LogP contribution >= 0.6 is 11.6 Å². The van der Waals surface area contributed by atoms with Gasteiger partial charge in [-0.25, -0.2) is 0 Å². The molecule has 0 heterocycles. The summed E-state index contributed by atoms with van der Waals surface area (Å²) in [6.45, 7) is 2.59. The molecule has 0 aromatic heterocycles. The van der Waals surface area contributed by atoms with Crippen molar-refractivity contribution in [3.63, 3.8) is 0 Å². The Kier molecular flexibility index (Phi) is 4.58. The molecule has 19 heavy (non-hydrogen) atoms. The Hall–Kier alpha value is -1.80. The van der Waals surface area contributed by atoms with E-state index in [1.54, 1.807) is 12.1 Å². The Balaban J connectivity index is 1.88. The number of hydrogen-bond donors (Lipinski definition) is 1. The van der Waals surface area contributed by atoms with Crippen molar-refractivity contribution >= 4 is 17.5 Å². The van der Waals surface area contributed by atoms with Gasteiger partial charge >= 0.3 is 0 Å². The summed E-state index contributed by atoms with van der Waals surface area (Å²) < 4.78 is 0. The lowest BCUT2D eigenvalue weighted by Gasteiger charge is -2.07. The minimum atomic E-state index is -0.0520. The highest BCUT2D eigenvalue weighted by atomic mass is 35.5. The van der Waals surface area contributed by atoms with Crippen LogP contribution in [0.25, 0.3) is 0 Å². The quantitative estimate of drug-likeness (QED) is 0.906. The van der Waals surface area contributed by atoms with Crippen LogP contribution in [0.2, 0.25) is 5.02 Å². The van der Waals surface area contributed by atoms with Gasteiger partial charge in [0, 0.05) is 17.1 Å². The van der Waals surface area contributed by atoms with Crippen molar-refractivity contribution in [3.8, 4) is 0 Å². The Labute approximate surface area is 118 Å². The highest BCUT2D eigenvalue weighted by molar-refractivity contribution is 6.31. The van der Waals surface area contributed by atoms with Crippen LogP contribution in [-0.2, 0) is 6.42 Å². The predicted octanol–water partition coefficient (Wildman–Crippen LogP) is 3.62. The molecule has 2 rings (SSSR count). The monoisotopic (exact) mass is 273 g/mol. The van der Waals surface area contributed by atoms with Crippen molar-refractivity contribution in [2.75, 3.05) is 6.54 Å². The first-order valence-corrected chi connectivity index (χ1v) is 6.63. The maximum Gasteiger partial charge on any atom is 0.251 e. The minimum absolute atomic E-state index is 0.0520. The molecule has 1 amide bonds. The van der Waals surface area contributed by atoms with Gasteiger partial charge in [-0.3, -0.25) is 4.79 Å². The van der Waals surface area contributed by atoms with Gasteiger partial charge in [-0.15, -0.1) is 0 Å². The van der Waals surface area contributed by atoms with Crippen LogP contribution in [-0.4, -0.2) is 12.5 Å². The molecule has 0 fully saturated rings. The molecule has 0 aliphatic carbocycles. The summed E-state index contributed by atoms with van der Waals surface area (Å²) in [7, 11) is 0. The van der Waals surface area contributed by atoms with Gasteiger partial charge in [0.05, 0.1) is 0 Å². The van der Waals surface area contributed by atoms with E-state index in [4.69, 9.17) is 11.6 Å². The van der Waals surface area contributed by atoms with Crippen LogP contribution in [0.4, 0.5) is 0 Å². The highest BCUT2D eigenvalue weighted by Gasteiger charge is 2.05. The lowest BCUT2D eigenvalue weighted by Crippen LogP contribution is -2.25. The van der Waals surface area contributed by atoms with E-state index in [1.165, 1.54) is 0 Å². The summed E-state index contributed by atoms with van der Waals surface area (Å²) in [5.74, 6) is -0.0520. The molecule has 0 aliphatic heterocycles. The molecule has 0 unspecified atom stereocenters. The summed E-state index contributed by atoms with van der Waals surface area (Å²) in [4.78, 5) is 11.8. The lowest BCUT2D eigenvalue weighted by atomic mass is 10.1. The van der Waals surface area contributed by atoms with Crippen molar-refractivity contribution in [2.45, 2.75) is 13.3 Å². The second kappa shape index (κ2) is 6.39. The average Bonchev–Trinajstić information content (AvgIpc) is 2.42. The van der Waals surface area contributed by atoms with Crippen LogP contribution < -0.4 is 5.32 Å². The van der Waals surface area contributed by atoms with Gasteiger partial charge in [-0.2, -0.15) is 0 Å². The van der Waals surface area contributed by atoms with Crippen LogP contribution in [0.3, 0.4) is 0 Å². The molecule has 0 spiro atoms. The first kappa shape index (κ1) is 13.6. The van der Waals surface area contributed by atoms with Crippen LogP contribution in [0.5, 0.6) is 0 Å². The smallest absolute Gasteiger partial charge is 0.251 e. The molecular weight excluding hydrogens is 258 g/mol.